The second kappa shape index (κ2) is 6.47. The van der Waals surface area contributed by atoms with Crippen LogP contribution in [-0.2, 0) is 11.8 Å². The van der Waals surface area contributed by atoms with Gasteiger partial charge >= 0.3 is 0 Å². The van der Waals surface area contributed by atoms with Gasteiger partial charge in [0.25, 0.3) is 11.8 Å². The number of fused-ring (bicyclic) bond motifs is 1. The quantitative estimate of drug-likeness (QED) is 0.793. The number of carbonyl (C=O) groups is 2. The Morgan fingerprint density at radius 2 is 2.00 bits per heavy atom. The number of benzene rings is 1. The molecular formula is C16H15N3O2S2. The normalized spacial score (nSPS) is 13.2. The van der Waals surface area contributed by atoms with Crippen molar-refractivity contribution in [2.24, 2.45) is 12.0 Å². The van der Waals surface area contributed by atoms with E-state index in [9.17, 15) is 9.59 Å². The molecule has 0 aliphatic rings. The molecule has 2 heterocycles. The van der Waals surface area contributed by atoms with E-state index in [1.54, 1.807) is 19.1 Å². The fourth-order valence-electron chi connectivity index (χ4n) is 2.12. The average molecular weight is 345 g/mol. The van der Waals surface area contributed by atoms with E-state index < -0.39 is 6.04 Å². The van der Waals surface area contributed by atoms with E-state index in [1.807, 2.05) is 41.3 Å². The van der Waals surface area contributed by atoms with E-state index in [4.69, 9.17) is 0 Å². The van der Waals surface area contributed by atoms with Crippen molar-refractivity contribution in [1.29, 1.82) is 0 Å². The highest BCUT2D eigenvalue weighted by molar-refractivity contribution is 7.16. The molecule has 0 fully saturated rings. The third-order valence-corrected chi connectivity index (χ3v) is 5.37. The lowest BCUT2D eigenvalue weighted by Crippen LogP contribution is -2.38. The Labute approximate surface area is 140 Å². The average Bonchev–Trinajstić information content (AvgIpc) is 3.17. The Kier molecular flexibility index (Phi) is 4.40. The number of para-hydroxylation sites is 1. The molecule has 1 N–H and O–H groups in total. The van der Waals surface area contributed by atoms with Gasteiger partial charge in [-0.3, -0.25) is 9.59 Å². The van der Waals surface area contributed by atoms with Crippen molar-refractivity contribution in [3.05, 3.63) is 51.5 Å². The molecule has 3 aromatic rings. The number of thiophene rings is 1. The first-order valence-corrected chi connectivity index (χ1v) is 8.73. The van der Waals surface area contributed by atoms with Gasteiger partial charge in [0.15, 0.2) is 4.80 Å². The first-order valence-electron chi connectivity index (χ1n) is 7.04. The minimum Gasteiger partial charge on any atom is -0.340 e. The van der Waals surface area contributed by atoms with Gasteiger partial charge in [-0.15, -0.1) is 11.3 Å². The van der Waals surface area contributed by atoms with Crippen molar-refractivity contribution >= 4 is 44.7 Å². The molecule has 2 aromatic heterocycles. The van der Waals surface area contributed by atoms with Crippen LogP contribution in [0.25, 0.3) is 10.2 Å². The molecular weight excluding hydrogens is 330 g/mol. The second-order valence-corrected chi connectivity index (χ2v) is 6.99. The summed E-state index contributed by atoms with van der Waals surface area (Å²) in [6.07, 6.45) is 0. The minimum atomic E-state index is -0.671. The van der Waals surface area contributed by atoms with E-state index in [0.717, 1.165) is 10.2 Å². The topological polar surface area (TPSA) is 63.5 Å². The van der Waals surface area contributed by atoms with Crippen LogP contribution in [0.3, 0.4) is 0 Å². The smallest absolute Gasteiger partial charge is 0.270 e. The van der Waals surface area contributed by atoms with Gasteiger partial charge < -0.3 is 9.88 Å². The number of thiazole rings is 1. The maximum absolute atomic E-state index is 12.3. The lowest BCUT2D eigenvalue weighted by Gasteiger charge is -2.08. The number of amides is 2. The molecule has 23 heavy (non-hydrogen) atoms. The molecule has 118 valence electrons. The molecule has 1 aromatic carbocycles. The molecule has 0 radical (unpaired) electrons. The highest BCUT2D eigenvalue weighted by atomic mass is 32.1. The van der Waals surface area contributed by atoms with E-state index in [0.29, 0.717) is 9.68 Å². The lowest BCUT2D eigenvalue weighted by atomic mass is 10.3. The summed E-state index contributed by atoms with van der Waals surface area (Å²) in [6.45, 7) is 1.64. The number of carbonyl (C=O) groups excluding carboxylic acids is 2. The van der Waals surface area contributed by atoms with E-state index in [-0.39, 0.29) is 11.8 Å². The van der Waals surface area contributed by atoms with Crippen LogP contribution < -0.4 is 10.1 Å². The first-order chi connectivity index (χ1) is 11.1. The Balaban J connectivity index is 1.82. The van der Waals surface area contributed by atoms with Crippen molar-refractivity contribution in [3.8, 4) is 0 Å². The van der Waals surface area contributed by atoms with Crippen molar-refractivity contribution in [2.45, 2.75) is 13.0 Å². The summed E-state index contributed by atoms with van der Waals surface area (Å²) in [7, 11) is 1.87. The zero-order valence-corrected chi connectivity index (χ0v) is 14.3. The summed E-state index contributed by atoms with van der Waals surface area (Å²) in [5.74, 6) is -0.617. The molecule has 1 atom stereocenters. The van der Waals surface area contributed by atoms with Crippen molar-refractivity contribution in [3.63, 3.8) is 0 Å². The van der Waals surface area contributed by atoms with Crippen molar-refractivity contribution < 1.29 is 9.59 Å². The van der Waals surface area contributed by atoms with Crippen molar-refractivity contribution in [1.82, 2.24) is 9.88 Å². The molecule has 0 saturated heterocycles. The Morgan fingerprint density at radius 3 is 2.70 bits per heavy atom. The van der Waals surface area contributed by atoms with Gasteiger partial charge in [-0.2, -0.15) is 4.99 Å². The van der Waals surface area contributed by atoms with Gasteiger partial charge in [0, 0.05) is 7.05 Å². The summed E-state index contributed by atoms with van der Waals surface area (Å²) in [6, 6.07) is 10.7. The van der Waals surface area contributed by atoms with Crippen LogP contribution >= 0.6 is 22.7 Å². The number of rotatable bonds is 3. The summed E-state index contributed by atoms with van der Waals surface area (Å²) in [5.41, 5.74) is 1.03. The zero-order valence-electron chi connectivity index (χ0n) is 12.6. The standard InChI is InChI=1S/C16H15N3O2S2/c1-10(17-15(21)13-8-5-9-22-13)14(20)18-16-19(2)11-6-3-4-7-12(11)23-16/h3-10H,1-2H3,(H,17,21). The number of nitrogens with one attached hydrogen (secondary N) is 1. The molecule has 5 nitrogen and oxygen atoms in total. The number of hydrogen-bond acceptors (Lipinski definition) is 4. The minimum absolute atomic E-state index is 0.253. The monoisotopic (exact) mass is 345 g/mol. The third-order valence-electron chi connectivity index (χ3n) is 3.38. The first kappa shape index (κ1) is 15.6. The van der Waals surface area contributed by atoms with Gasteiger partial charge in [0.2, 0.25) is 0 Å². The molecule has 0 spiro atoms. The number of aromatic nitrogens is 1. The molecule has 2 amide bonds. The summed E-state index contributed by atoms with van der Waals surface area (Å²) < 4.78 is 2.95. The maximum Gasteiger partial charge on any atom is 0.270 e. The fourth-order valence-corrected chi connectivity index (χ4v) is 3.77. The Morgan fingerprint density at radius 1 is 1.22 bits per heavy atom. The van der Waals surface area contributed by atoms with Crippen LogP contribution in [0.4, 0.5) is 0 Å². The highest BCUT2D eigenvalue weighted by Crippen LogP contribution is 2.15. The van der Waals surface area contributed by atoms with E-state index >= 15 is 0 Å². The summed E-state index contributed by atoms with van der Waals surface area (Å²) in [5, 5.41) is 4.50. The third kappa shape index (κ3) is 3.25. The molecule has 0 saturated carbocycles. The predicted molar refractivity (Wildman–Crippen MR) is 92.6 cm³/mol. The highest BCUT2D eigenvalue weighted by Gasteiger charge is 2.17. The van der Waals surface area contributed by atoms with Gasteiger partial charge in [-0.1, -0.05) is 29.5 Å². The fraction of sp³-hybridized carbons (Fsp3) is 0.188. The van der Waals surface area contributed by atoms with Crippen LogP contribution in [0, 0.1) is 0 Å². The molecule has 0 bridgehead atoms. The number of nitrogens with zero attached hydrogens (tertiary/aromatic N) is 2. The summed E-state index contributed by atoms with van der Waals surface area (Å²) in [4.78, 5) is 29.6. The Bertz CT molecular complexity index is 922. The van der Waals surface area contributed by atoms with Gasteiger partial charge in [-0.05, 0) is 30.5 Å². The SMILES string of the molecule is CC(NC(=O)c1cccs1)C(=O)N=c1sc2ccccc2n1C. The van der Waals surface area contributed by atoms with Gasteiger partial charge in [0.1, 0.15) is 6.04 Å². The Hall–Kier alpha value is -2.25. The predicted octanol–water partition coefficient (Wildman–Crippen LogP) is 2.55. The largest absolute Gasteiger partial charge is 0.340 e. The van der Waals surface area contributed by atoms with Gasteiger partial charge in [0.05, 0.1) is 15.1 Å². The maximum atomic E-state index is 12.3. The van der Waals surface area contributed by atoms with E-state index in [1.165, 1.54) is 22.7 Å². The van der Waals surface area contributed by atoms with Crippen LogP contribution in [-0.4, -0.2) is 22.4 Å². The molecule has 3 rings (SSSR count). The number of hydrogen-bond donors (Lipinski definition) is 1. The van der Waals surface area contributed by atoms with Crippen LogP contribution in [0.15, 0.2) is 46.8 Å². The molecule has 0 aliphatic heterocycles. The molecule has 7 heteroatoms. The molecule has 1 unspecified atom stereocenters. The second-order valence-electron chi connectivity index (χ2n) is 5.03. The van der Waals surface area contributed by atoms with Crippen molar-refractivity contribution in [2.75, 3.05) is 0 Å². The van der Waals surface area contributed by atoms with Crippen LogP contribution in [0.5, 0.6) is 0 Å². The van der Waals surface area contributed by atoms with Gasteiger partial charge in [-0.25, -0.2) is 0 Å². The van der Waals surface area contributed by atoms with E-state index in [2.05, 4.69) is 10.3 Å². The number of aryl methyl sites for hydroxylation is 1. The summed E-state index contributed by atoms with van der Waals surface area (Å²) >= 11 is 2.79. The lowest BCUT2D eigenvalue weighted by molar-refractivity contribution is -0.119. The molecule has 0 aliphatic carbocycles. The van der Waals surface area contributed by atoms with Crippen LogP contribution in [0.1, 0.15) is 16.6 Å². The zero-order chi connectivity index (χ0) is 16.4. The van der Waals surface area contributed by atoms with Crippen LogP contribution in [0.2, 0.25) is 0 Å².